The molecule has 0 aliphatic rings. The van der Waals surface area contributed by atoms with Crippen LogP contribution in [0, 0.1) is 11.6 Å². The number of carbonyl (C=O) groups is 1. The number of nitrogens with two attached hydrogens (primary N) is 1. The molecule has 1 atom stereocenters. The van der Waals surface area contributed by atoms with Crippen LogP contribution in [0.3, 0.4) is 0 Å². The Hall–Kier alpha value is -2.18. The standard InChI is InChI=1S/C11H13F2N3O2/c1-2-9(10(14)16-18)15-11(17)6-3-7(12)5-8(13)4-6/h3-5,9,18H,2H2,1H3,(H2,14,16)(H,15,17). The first-order valence-electron chi connectivity index (χ1n) is 5.22. The number of nitrogens with one attached hydrogen (secondary N) is 1. The first kappa shape index (κ1) is 13.9. The number of benzene rings is 1. The van der Waals surface area contributed by atoms with Gasteiger partial charge in [-0.3, -0.25) is 4.79 Å². The number of amides is 1. The quantitative estimate of drug-likeness (QED) is 0.328. The van der Waals surface area contributed by atoms with Crippen LogP contribution in [0.2, 0.25) is 0 Å². The second-order valence-corrected chi connectivity index (χ2v) is 3.62. The molecule has 0 saturated carbocycles. The van der Waals surface area contributed by atoms with E-state index in [2.05, 4.69) is 10.5 Å². The fourth-order valence-electron chi connectivity index (χ4n) is 1.38. The molecule has 0 aliphatic heterocycles. The van der Waals surface area contributed by atoms with Gasteiger partial charge < -0.3 is 16.3 Å². The minimum absolute atomic E-state index is 0.170. The van der Waals surface area contributed by atoms with Gasteiger partial charge in [0.15, 0.2) is 5.84 Å². The predicted molar refractivity (Wildman–Crippen MR) is 61.3 cm³/mol. The number of hydrogen-bond donors (Lipinski definition) is 3. The molecule has 1 aromatic carbocycles. The van der Waals surface area contributed by atoms with Crippen LogP contribution in [0.15, 0.2) is 23.4 Å². The molecule has 0 aliphatic carbocycles. The largest absolute Gasteiger partial charge is 0.409 e. The normalized spacial score (nSPS) is 13.2. The Balaban J connectivity index is 2.87. The number of rotatable bonds is 4. The van der Waals surface area contributed by atoms with E-state index in [1.54, 1.807) is 6.92 Å². The Labute approximate surface area is 102 Å². The lowest BCUT2D eigenvalue weighted by atomic mass is 10.1. The molecule has 5 nitrogen and oxygen atoms in total. The van der Waals surface area contributed by atoms with E-state index in [1.807, 2.05) is 0 Å². The third-order valence-corrected chi connectivity index (χ3v) is 2.31. The van der Waals surface area contributed by atoms with Crippen molar-refractivity contribution in [2.75, 3.05) is 0 Å². The molecule has 0 bridgehead atoms. The van der Waals surface area contributed by atoms with Crippen molar-refractivity contribution < 1.29 is 18.8 Å². The van der Waals surface area contributed by atoms with Crippen LogP contribution in [-0.4, -0.2) is 23.0 Å². The third kappa shape index (κ3) is 3.41. The number of nitrogens with zero attached hydrogens (tertiary/aromatic N) is 1. The van der Waals surface area contributed by atoms with Gasteiger partial charge in [0, 0.05) is 11.6 Å². The van der Waals surface area contributed by atoms with Crippen LogP contribution in [0.1, 0.15) is 23.7 Å². The number of oxime groups is 1. The summed E-state index contributed by atoms with van der Waals surface area (Å²) in [5.74, 6) is -2.58. The van der Waals surface area contributed by atoms with Gasteiger partial charge in [0.25, 0.3) is 5.91 Å². The summed E-state index contributed by atoms with van der Waals surface area (Å²) < 4.78 is 25.8. The van der Waals surface area contributed by atoms with Crippen LogP contribution in [0.25, 0.3) is 0 Å². The van der Waals surface area contributed by atoms with Gasteiger partial charge in [0.05, 0.1) is 6.04 Å². The Bertz CT molecular complexity index is 457. The van der Waals surface area contributed by atoms with Gasteiger partial charge in [0.1, 0.15) is 11.6 Å². The zero-order valence-electron chi connectivity index (χ0n) is 9.65. The molecule has 0 heterocycles. The lowest BCUT2D eigenvalue weighted by Gasteiger charge is -2.15. The molecule has 1 unspecified atom stereocenters. The first-order valence-corrected chi connectivity index (χ1v) is 5.22. The molecule has 0 saturated heterocycles. The van der Waals surface area contributed by atoms with Gasteiger partial charge in [-0.2, -0.15) is 0 Å². The van der Waals surface area contributed by atoms with Crippen molar-refractivity contribution >= 4 is 11.7 Å². The second kappa shape index (κ2) is 5.95. The minimum atomic E-state index is -0.850. The molecule has 7 heteroatoms. The maximum absolute atomic E-state index is 12.9. The lowest BCUT2D eigenvalue weighted by molar-refractivity contribution is 0.0944. The maximum atomic E-state index is 12.9. The highest BCUT2D eigenvalue weighted by molar-refractivity contribution is 5.98. The highest BCUT2D eigenvalue weighted by atomic mass is 19.1. The van der Waals surface area contributed by atoms with Crippen molar-refractivity contribution in [1.82, 2.24) is 5.32 Å². The molecule has 18 heavy (non-hydrogen) atoms. The molecule has 1 amide bonds. The van der Waals surface area contributed by atoms with Crippen molar-refractivity contribution in [3.8, 4) is 0 Å². The number of hydrogen-bond acceptors (Lipinski definition) is 3. The van der Waals surface area contributed by atoms with Crippen molar-refractivity contribution in [1.29, 1.82) is 0 Å². The Morgan fingerprint density at radius 1 is 1.44 bits per heavy atom. The summed E-state index contributed by atoms with van der Waals surface area (Å²) in [6, 6.07) is 1.76. The van der Waals surface area contributed by atoms with Gasteiger partial charge in [-0.05, 0) is 18.6 Å². The predicted octanol–water partition coefficient (Wildman–Crippen LogP) is 1.22. The highest BCUT2D eigenvalue weighted by Crippen LogP contribution is 2.08. The summed E-state index contributed by atoms with van der Waals surface area (Å²) in [6.45, 7) is 1.70. The van der Waals surface area contributed by atoms with Gasteiger partial charge in [0.2, 0.25) is 0 Å². The van der Waals surface area contributed by atoms with Crippen LogP contribution < -0.4 is 11.1 Å². The van der Waals surface area contributed by atoms with E-state index in [1.165, 1.54) is 0 Å². The lowest BCUT2D eigenvalue weighted by Crippen LogP contribution is -2.44. The summed E-state index contributed by atoms with van der Waals surface area (Å²) >= 11 is 0. The number of halogens is 2. The molecule has 4 N–H and O–H groups in total. The molecule has 0 radical (unpaired) electrons. The minimum Gasteiger partial charge on any atom is -0.409 e. The average molecular weight is 257 g/mol. The Kier molecular flexibility index (Phi) is 4.59. The van der Waals surface area contributed by atoms with Crippen molar-refractivity contribution in [3.05, 3.63) is 35.4 Å². The van der Waals surface area contributed by atoms with Crippen molar-refractivity contribution in [2.45, 2.75) is 19.4 Å². The van der Waals surface area contributed by atoms with Crippen LogP contribution >= 0.6 is 0 Å². The first-order chi connectivity index (χ1) is 8.47. The SMILES string of the molecule is CCC(NC(=O)c1cc(F)cc(F)c1)/C(N)=N/O. The van der Waals surface area contributed by atoms with Crippen molar-refractivity contribution in [2.24, 2.45) is 10.9 Å². The van der Waals surface area contributed by atoms with E-state index in [4.69, 9.17) is 10.9 Å². The third-order valence-electron chi connectivity index (χ3n) is 2.31. The maximum Gasteiger partial charge on any atom is 0.252 e. The van der Waals surface area contributed by atoms with Gasteiger partial charge >= 0.3 is 0 Å². The molecule has 0 spiro atoms. The van der Waals surface area contributed by atoms with E-state index in [9.17, 15) is 13.6 Å². The Morgan fingerprint density at radius 2 is 2.00 bits per heavy atom. The van der Waals surface area contributed by atoms with E-state index in [0.29, 0.717) is 12.5 Å². The fourth-order valence-corrected chi connectivity index (χ4v) is 1.38. The van der Waals surface area contributed by atoms with Crippen LogP contribution in [0.5, 0.6) is 0 Å². The number of carbonyl (C=O) groups excluding carboxylic acids is 1. The molecule has 1 aromatic rings. The number of amidine groups is 1. The summed E-state index contributed by atoms with van der Waals surface area (Å²) in [7, 11) is 0. The molecular formula is C11H13F2N3O2. The van der Waals surface area contributed by atoms with Gasteiger partial charge in [-0.15, -0.1) is 0 Å². The monoisotopic (exact) mass is 257 g/mol. The van der Waals surface area contributed by atoms with E-state index < -0.39 is 23.6 Å². The molecule has 1 rings (SSSR count). The van der Waals surface area contributed by atoms with Gasteiger partial charge in [-0.1, -0.05) is 12.1 Å². The summed E-state index contributed by atoms with van der Waals surface area (Å²) in [4.78, 5) is 11.7. The molecule has 98 valence electrons. The van der Waals surface area contributed by atoms with Crippen molar-refractivity contribution in [3.63, 3.8) is 0 Å². The average Bonchev–Trinajstić information content (AvgIpc) is 2.33. The summed E-state index contributed by atoms with van der Waals surface area (Å²) in [5, 5.41) is 13.7. The summed E-state index contributed by atoms with van der Waals surface area (Å²) in [5.41, 5.74) is 5.18. The van der Waals surface area contributed by atoms with Crippen LogP contribution in [-0.2, 0) is 0 Å². The van der Waals surface area contributed by atoms with E-state index in [-0.39, 0.29) is 11.4 Å². The topological polar surface area (TPSA) is 87.7 Å². The smallest absolute Gasteiger partial charge is 0.252 e. The van der Waals surface area contributed by atoms with E-state index in [0.717, 1.165) is 12.1 Å². The van der Waals surface area contributed by atoms with Gasteiger partial charge in [-0.25, -0.2) is 8.78 Å². The molecule has 0 fully saturated rings. The fraction of sp³-hybridized carbons (Fsp3) is 0.273. The summed E-state index contributed by atoms with van der Waals surface area (Å²) in [6.07, 6.45) is 0.374. The Morgan fingerprint density at radius 3 is 2.44 bits per heavy atom. The zero-order valence-corrected chi connectivity index (χ0v) is 9.65. The second-order valence-electron chi connectivity index (χ2n) is 3.62. The zero-order chi connectivity index (χ0) is 13.7. The molecular weight excluding hydrogens is 244 g/mol. The van der Waals surface area contributed by atoms with E-state index >= 15 is 0 Å². The van der Waals surface area contributed by atoms with Crippen LogP contribution in [0.4, 0.5) is 8.78 Å². The molecule has 0 aromatic heterocycles. The highest BCUT2D eigenvalue weighted by Gasteiger charge is 2.17.